The molecule has 0 spiro atoms. The molecule has 22 heavy (non-hydrogen) atoms. The quantitative estimate of drug-likeness (QED) is 0.818. The lowest BCUT2D eigenvalue weighted by atomic mass is 10.1. The van der Waals surface area contributed by atoms with E-state index in [1.165, 1.54) is 5.56 Å². The van der Waals surface area contributed by atoms with Gasteiger partial charge in [0.05, 0.1) is 6.54 Å². The van der Waals surface area contributed by atoms with Gasteiger partial charge < -0.3 is 15.5 Å². The maximum Gasteiger partial charge on any atom is 0.240 e. The summed E-state index contributed by atoms with van der Waals surface area (Å²) in [5.74, 6) is -0.0279. The number of rotatable bonds is 5. The Hall–Kier alpha value is -1.62. The number of nitrogens with one attached hydrogen (secondary N) is 2. The van der Waals surface area contributed by atoms with Crippen LogP contribution in [0.15, 0.2) is 24.3 Å². The van der Waals surface area contributed by atoms with Crippen LogP contribution in [0.25, 0.3) is 0 Å². The molecule has 0 heterocycles. The zero-order chi connectivity index (χ0) is 16.8. The van der Waals surface area contributed by atoms with Gasteiger partial charge in [0.25, 0.3) is 0 Å². The van der Waals surface area contributed by atoms with E-state index in [2.05, 4.69) is 29.7 Å². The predicted octanol–water partition coefficient (Wildman–Crippen LogP) is 3.18. The molecule has 1 aromatic carbocycles. The Morgan fingerprint density at radius 3 is 2.23 bits per heavy atom. The van der Waals surface area contributed by atoms with Crippen molar-refractivity contribution in [3.8, 4) is 0 Å². The molecule has 0 aliphatic heterocycles. The molecule has 0 fully saturated rings. The Morgan fingerprint density at radius 2 is 1.77 bits per heavy atom. The van der Waals surface area contributed by atoms with Crippen LogP contribution in [-0.4, -0.2) is 34.5 Å². The standard InChI is InChI=1S/C17H27N3OS/c1-6-13-8-10-14(11-9-13)18-16(22)20(7-2)12-15(21)19-17(3,4)5/h8-11H,6-7,12H2,1-5H3,(H,18,22)(H,19,21). The molecular formula is C17H27N3OS. The van der Waals surface area contributed by atoms with E-state index in [1.807, 2.05) is 44.7 Å². The first kappa shape index (κ1) is 18.4. The average molecular weight is 321 g/mol. The molecular weight excluding hydrogens is 294 g/mol. The molecule has 2 N–H and O–H groups in total. The molecule has 0 aliphatic rings. The van der Waals surface area contributed by atoms with Gasteiger partial charge in [-0.25, -0.2) is 0 Å². The van der Waals surface area contributed by atoms with Crippen LogP contribution in [0.3, 0.4) is 0 Å². The highest BCUT2D eigenvalue weighted by Crippen LogP contribution is 2.11. The Kier molecular flexibility index (Phi) is 6.81. The van der Waals surface area contributed by atoms with Crippen LogP contribution in [0.4, 0.5) is 5.69 Å². The van der Waals surface area contributed by atoms with Gasteiger partial charge in [-0.1, -0.05) is 19.1 Å². The molecule has 122 valence electrons. The summed E-state index contributed by atoms with van der Waals surface area (Å²) in [6, 6.07) is 8.17. The number of nitrogens with zero attached hydrogens (tertiary/aromatic N) is 1. The summed E-state index contributed by atoms with van der Waals surface area (Å²) >= 11 is 5.41. The maximum atomic E-state index is 12.0. The van der Waals surface area contributed by atoms with E-state index in [1.54, 1.807) is 0 Å². The maximum absolute atomic E-state index is 12.0. The van der Waals surface area contributed by atoms with Crippen LogP contribution in [0.5, 0.6) is 0 Å². The number of carbonyl (C=O) groups is 1. The highest BCUT2D eigenvalue weighted by molar-refractivity contribution is 7.80. The van der Waals surface area contributed by atoms with Crippen LogP contribution in [-0.2, 0) is 11.2 Å². The van der Waals surface area contributed by atoms with Crippen LogP contribution in [0.2, 0.25) is 0 Å². The molecule has 0 saturated heterocycles. The third kappa shape index (κ3) is 6.43. The summed E-state index contributed by atoms with van der Waals surface area (Å²) in [5, 5.41) is 6.71. The van der Waals surface area contributed by atoms with Crippen molar-refractivity contribution in [1.29, 1.82) is 0 Å². The molecule has 0 atom stereocenters. The fourth-order valence-electron chi connectivity index (χ4n) is 1.98. The van der Waals surface area contributed by atoms with Crippen LogP contribution < -0.4 is 10.6 Å². The van der Waals surface area contributed by atoms with Crippen LogP contribution in [0.1, 0.15) is 40.2 Å². The average Bonchev–Trinajstić information content (AvgIpc) is 2.43. The third-order valence-electron chi connectivity index (χ3n) is 3.13. The second kappa shape index (κ2) is 8.13. The van der Waals surface area contributed by atoms with Gasteiger partial charge >= 0.3 is 0 Å². The number of benzene rings is 1. The first-order valence-electron chi connectivity index (χ1n) is 7.71. The lowest BCUT2D eigenvalue weighted by Crippen LogP contribution is -2.48. The van der Waals surface area contributed by atoms with E-state index in [-0.39, 0.29) is 18.0 Å². The first-order valence-corrected chi connectivity index (χ1v) is 8.12. The van der Waals surface area contributed by atoms with Gasteiger partial charge in [-0.2, -0.15) is 0 Å². The van der Waals surface area contributed by atoms with Gasteiger partial charge in [-0.05, 0) is 64.0 Å². The highest BCUT2D eigenvalue weighted by atomic mass is 32.1. The minimum atomic E-state index is -0.235. The summed E-state index contributed by atoms with van der Waals surface area (Å²) in [6.07, 6.45) is 1.01. The minimum absolute atomic E-state index is 0.0279. The van der Waals surface area contributed by atoms with Crippen molar-refractivity contribution in [1.82, 2.24) is 10.2 Å². The zero-order valence-electron chi connectivity index (χ0n) is 14.2. The Labute approximate surface area is 139 Å². The van der Waals surface area contributed by atoms with Crippen molar-refractivity contribution in [2.45, 2.75) is 46.6 Å². The number of aryl methyl sites for hydroxylation is 1. The van der Waals surface area contributed by atoms with Crippen molar-refractivity contribution in [2.24, 2.45) is 0 Å². The van der Waals surface area contributed by atoms with Crippen molar-refractivity contribution in [3.63, 3.8) is 0 Å². The lowest BCUT2D eigenvalue weighted by Gasteiger charge is -2.27. The molecule has 5 heteroatoms. The SMILES string of the molecule is CCc1ccc(NC(=S)N(CC)CC(=O)NC(C)(C)C)cc1. The molecule has 4 nitrogen and oxygen atoms in total. The van der Waals surface area contributed by atoms with Gasteiger partial charge in [0.1, 0.15) is 0 Å². The number of likely N-dealkylation sites (N-methyl/N-ethyl adjacent to an activating group) is 1. The predicted molar refractivity (Wildman–Crippen MR) is 97.2 cm³/mol. The van der Waals surface area contributed by atoms with E-state index < -0.39 is 0 Å². The molecule has 0 aromatic heterocycles. The van der Waals surface area contributed by atoms with E-state index in [0.29, 0.717) is 11.7 Å². The largest absolute Gasteiger partial charge is 0.350 e. The lowest BCUT2D eigenvalue weighted by molar-refractivity contribution is -0.122. The zero-order valence-corrected chi connectivity index (χ0v) is 15.0. The topological polar surface area (TPSA) is 44.4 Å². The number of thiocarbonyl (C=S) groups is 1. The van der Waals surface area contributed by atoms with Crippen LogP contribution >= 0.6 is 12.2 Å². The number of anilines is 1. The van der Waals surface area contributed by atoms with E-state index in [9.17, 15) is 4.79 Å². The smallest absolute Gasteiger partial charge is 0.240 e. The van der Waals surface area contributed by atoms with Crippen molar-refractivity contribution < 1.29 is 4.79 Å². The van der Waals surface area contributed by atoms with Gasteiger partial charge in [-0.3, -0.25) is 4.79 Å². The summed E-state index contributed by atoms with van der Waals surface area (Å²) < 4.78 is 0. The highest BCUT2D eigenvalue weighted by Gasteiger charge is 2.17. The van der Waals surface area contributed by atoms with Gasteiger partial charge in [0.2, 0.25) is 5.91 Å². The Bertz CT molecular complexity index is 506. The number of amides is 1. The fourth-order valence-corrected chi connectivity index (χ4v) is 2.30. The Balaban J connectivity index is 2.61. The van der Waals surface area contributed by atoms with Gasteiger partial charge in [0.15, 0.2) is 5.11 Å². The fraction of sp³-hybridized carbons (Fsp3) is 0.529. The van der Waals surface area contributed by atoms with Crippen molar-refractivity contribution in [2.75, 3.05) is 18.4 Å². The molecule has 0 bridgehead atoms. The number of carbonyl (C=O) groups excluding carboxylic acids is 1. The van der Waals surface area contributed by atoms with Crippen molar-refractivity contribution >= 4 is 28.9 Å². The number of hydrogen-bond acceptors (Lipinski definition) is 2. The monoisotopic (exact) mass is 321 g/mol. The molecule has 1 amide bonds. The van der Waals surface area contributed by atoms with E-state index in [0.717, 1.165) is 12.1 Å². The van der Waals surface area contributed by atoms with E-state index in [4.69, 9.17) is 12.2 Å². The first-order chi connectivity index (χ1) is 10.2. The normalized spacial score (nSPS) is 11.0. The molecule has 0 saturated carbocycles. The molecule has 1 aromatic rings. The molecule has 1 rings (SSSR count). The summed E-state index contributed by atoms with van der Waals surface area (Å²) in [7, 11) is 0. The summed E-state index contributed by atoms with van der Waals surface area (Å²) in [4.78, 5) is 13.9. The number of hydrogen-bond donors (Lipinski definition) is 2. The van der Waals surface area contributed by atoms with Crippen LogP contribution in [0, 0.1) is 0 Å². The summed E-state index contributed by atoms with van der Waals surface area (Å²) in [5.41, 5.74) is 1.99. The summed E-state index contributed by atoms with van der Waals surface area (Å²) in [6.45, 7) is 10.9. The van der Waals surface area contributed by atoms with Crippen molar-refractivity contribution in [3.05, 3.63) is 29.8 Å². The molecule has 0 aliphatic carbocycles. The van der Waals surface area contributed by atoms with Gasteiger partial charge in [-0.15, -0.1) is 0 Å². The minimum Gasteiger partial charge on any atom is -0.350 e. The van der Waals surface area contributed by atoms with E-state index >= 15 is 0 Å². The second-order valence-corrected chi connectivity index (χ2v) is 6.68. The third-order valence-corrected chi connectivity index (χ3v) is 3.49. The molecule has 0 unspecified atom stereocenters. The second-order valence-electron chi connectivity index (χ2n) is 6.29. The molecule has 0 radical (unpaired) electrons. The Morgan fingerprint density at radius 1 is 1.18 bits per heavy atom. The van der Waals surface area contributed by atoms with Gasteiger partial charge in [0, 0.05) is 17.8 Å².